The number of anilines is 1. The molecule has 1 unspecified atom stereocenters. The lowest BCUT2D eigenvalue weighted by atomic mass is 10.1. The summed E-state index contributed by atoms with van der Waals surface area (Å²) in [6.07, 6.45) is 0.832. The Balaban J connectivity index is 2.37. The molecule has 0 aromatic carbocycles. The molecule has 0 aliphatic rings. The van der Waals surface area contributed by atoms with Crippen LogP contribution in [0.1, 0.15) is 19.0 Å². The number of hydrogen-bond acceptors (Lipinski definition) is 3. The van der Waals surface area contributed by atoms with Crippen LogP contribution < -0.4 is 5.32 Å². The number of aromatic nitrogens is 1. The fourth-order valence-electron chi connectivity index (χ4n) is 1.24. The number of aryl methyl sites for hydroxylation is 1. The maximum atomic E-state index is 8.73. The van der Waals surface area contributed by atoms with Crippen LogP contribution >= 0.6 is 0 Å². The van der Waals surface area contributed by atoms with Gasteiger partial charge in [0.15, 0.2) is 0 Å². The molecule has 0 aliphatic heterocycles. The SMILES string of the molecule is Cc1cccc(NCC(C)CCO)n1. The number of pyridine rings is 1. The fraction of sp³-hybridized carbons (Fsp3) is 0.545. The quantitative estimate of drug-likeness (QED) is 0.751. The molecule has 0 spiro atoms. The summed E-state index contributed by atoms with van der Waals surface area (Å²) in [5, 5.41) is 12.0. The van der Waals surface area contributed by atoms with E-state index in [9.17, 15) is 0 Å². The lowest BCUT2D eigenvalue weighted by Gasteiger charge is -2.11. The van der Waals surface area contributed by atoms with E-state index < -0.39 is 0 Å². The van der Waals surface area contributed by atoms with Crippen molar-refractivity contribution >= 4 is 5.82 Å². The van der Waals surface area contributed by atoms with Gasteiger partial charge in [0.05, 0.1) is 0 Å². The first-order valence-corrected chi connectivity index (χ1v) is 5.00. The van der Waals surface area contributed by atoms with E-state index in [1.54, 1.807) is 0 Å². The molecule has 0 saturated carbocycles. The zero-order valence-corrected chi connectivity index (χ0v) is 8.83. The van der Waals surface area contributed by atoms with Gasteiger partial charge in [-0.1, -0.05) is 13.0 Å². The van der Waals surface area contributed by atoms with E-state index in [0.717, 1.165) is 24.5 Å². The molecule has 0 amide bonds. The third kappa shape index (κ3) is 3.75. The Morgan fingerprint density at radius 2 is 2.29 bits per heavy atom. The van der Waals surface area contributed by atoms with Crippen LogP contribution in [0.3, 0.4) is 0 Å². The summed E-state index contributed by atoms with van der Waals surface area (Å²) in [5.74, 6) is 1.39. The Labute approximate surface area is 85.2 Å². The highest BCUT2D eigenvalue weighted by molar-refractivity contribution is 5.34. The molecule has 0 saturated heterocycles. The molecular weight excluding hydrogens is 176 g/mol. The Kier molecular flexibility index (Phi) is 4.40. The van der Waals surface area contributed by atoms with E-state index in [0.29, 0.717) is 5.92 Å². The molecule has 1 aromatic heterocycles. The summed E-state index contributed by atoms with van der Waals surface area (Å²) in [6.45, 7) is 5.20. The average Bonchev–Trinajstić information content (AvgIpc) is 2.15. The molecule has 1 rings (SSSR count). The summed E-state index contributed by atoms with van der Waals surface area (Å²) in [6, 6.07) is 5.92. The molecule has 1 heterocycles. The van der Waals surface area contributed by atoms with Crippen molar-refractivity contribution in [3.8, 4) is 0 Å². The topological polar surface area (TPSA) is 45.1 Å². The monoisotopic (exact) mass is 194 g/mol. The summed E-state index contributed by atoms with van der Waals surface area (Å²) in [7, 11) is 0. The van der Waals surface area contributed by atoms with Gasteiger partial charge in [-0.25, -0.2) is 4.98 Å². The molecule has 0 fully saturated rings. The van der Waals surface area contributed by atoms with Crippen molar-refractivity contribution in [3.63, 3.8) is 0 Å². The van der Waals surface area contributed by atoms with Crippen LogP contribution in [0.25, 0.3) is 0 Å². The number of nitrogens with zero attached hydrogens (tertiary/aromatic N) is 1. The van der Waals surface area contributed by atoms with Crippen LogP contribution in [-0.4, -0.2) is 23.2 Å². The van der Waals surface area contributed by atoms with Crippen LogP contribution in [0, 0.1) is 12.8 Å². The summed E-state index contributed by atoms with van der Waals surface area (Å²) in [5.41, 5.74) is 1.02. The Hall–Kier alpha value is -1.09. The predicted octanol–water partition coefficient (Wildman–Crippen LogP) is 1.82. The van der Waals surface area contributed by atoms with E-state index in [4.69, 9.17) is 5.11 Å². The van der Waals surface area contributed by atoms with Gasteiger partial charge in [-0.15, -0.1) is 0 Å². The summed E-state index contributed by atoms with van der Waals surface area (Å²) in [4.78, 5) is 4.33. The van der Waals surface area contributed by atoms with Gasteiger partial charge in [-0.2, -0.15) is 0 Å². The number of aliphatic hydroxyl groups excluding tert-OH is 1. The Bertz CT molecular complexity index is 276. The van der Waals surface area contributed by atoms with Crippen LogP contribution in [-0.2, 0) is 0 Å². The van der Waals surface area contributed by atoms with E-state index in [1.807, 2.05) is 25.1 Å². The smallest absolute Gasteiger partial charge is 0.126 e. The zero-order chi connectivity index (χ0) is 10.4. The molecule has 3 nitrogen and oxygen atoms in total. The van der Waals surface area contributed by atoms with Gasteiger partial charge in [0.1, 0.15) is 5.82 Å². The third-order valence-electron chi connectivity index (χ3n) is 2.14. The molecule has 0 aliphatic carbocycles. The van der Waals surface area contributed by atoms with Gasteiger partial charge >= 0.3 is 0 Å². The van der Waals surface area contributed by atoms with Gasteiger partial charge < -0.3 is 10.4 Å². The number of rotatable bonds is 5. The van der Waals surface area contributed by atoms with Crippen LogP contribution in [0.5, 0.6) is 0 Å². The van der Waals surface area contributed by atoms with Gasteiger partial charge in [0.25, 0.3) is 0 Å². The van der Waals surface area contributed by atoms with Gasteiger partial charge in [0.2, 0.25) is 0 Å². The van der Waals surface area contributed by atoms with E-state index in [1.165, 1.54) is 0 Å². The second-order valence-electron chi connectivity index (χ2n) is 3.66. The van der Waals surface area contributed by atoms with Crippen LogP contribution in [0.2, 0.25) is 0 Å². The molecular formula is C11H18N2O. The van der Waals surface area contributed by atoms with Gasteiger partial charge in [0, 0.05) is 18.8 Å². The second-order valence-corrected chi connectivity index (χ2v) is 3.66. The zero-order valence-electron chi connectivity index (χ0n) is 8.83. The molecule has 2 N–H and O–H groups in total. The Morgan fingerprint density at radius 3 is 2.93 bits per heavy atom. The standard InChI is InChI=1S/C11H18N2O/c1-9(6-7-14)8-12-11-5-3-4-10(2)13-11/h3-5,9,14H,6-8H2,1-2H3,(H,12,13). The van der Waals surface area contributed by atoms with Crippen molar-refractivity contribution in [3.05, 3.63) is 23.9 Å². The summed E-state index contributed by atoms with van der Waals surface area (Å²) < 4.78 is 0. The lowest BCUT2D eigenvalue weighted by Crippen LogP contribution is -2.13. The van der Waals surface area contributed by atoms with E-state index in [2.05, 4.69) is 17.2 Å². The first-order chi connectivity index (χ1) is 6.72. The molecule has 14 heavy (non-hydrogen) atoms. The highest BCUT2D eigenvalue weighted by atomic mass is 16.3. The maximum Gasteiger partial charge on any atom is 0.126 e. The minimum atomic E-state index is 0.254. The fourth-order valence-corrected chi connectivity index (χ4v) is 1.24. The van der Waals surface area contributed by atoms with Crippen molar-refractivity contribution in [2.75, 3.05) is 18.5 Å². The summed E-state index contributed by atoms with van der Waals surface area (Å²) >= 11 is 0. The predicted molar refractivity (Wildman–Crippen MR) is 58.3 cm³/mol. The highest BCUT2D eigenvalue weighted by Crippen LogP contribution is 2.06. The highest BCUT2D eigenvalue weighted by Gasteiger charge is 2.01. The largest absolute Gasteiger partial charge is 0.396 e. The van der Waals surface area contributed by atoms with E-state index in [-0.39, 0.29) is 6.61 Å². The first-order valence-electron chi connectivity index (χ1n) is 5.00. The number of hydrogen-bond donors (Lipinski definition) is 2. The molecule has 0 radical (unpaired) electrons. The van der Waals surface area contributed by atoms with Crippen LogP contribution in [0.4, 0.5) is 5.82 Å². The minimum absolute atomic E-state index is 0.254. The minimum Gasteiger partial charge on any atom is -0.396 e. The third-order valence-corrected chi connectivity index (χ3v) is 2.14. The average molecular weight is 194 g/mol. The van der Waals surface area contributed by atoms with Crippen molar-refractivity contribution in [1.29, 1.82) is 0 Å². The maximum absolute atomic E-state index is 8.73. The normalized spacial score (nSPS) is 12.5. The van der Waals surface area contributed by atoms with Crippen LogP contribution in [0.15, 0.2) is 18.2 Å². The molecule has 1 atom stereocenters. The van der Waals surface area contributed by atoms with Gasteiger partial charge in [-0.3, -0.25) is 0 Å². The van der Waals surface area contributed by atoms with Crippen molar-refractivity contribution in [1.82, 2.24) is 4.98 Å². The van der Waals surface area contributed by atoms with Crippen molar-refractivity contribution in [2.24, 2.45) is 5.92 Å². The molecule has 1 aromatic rings. The number of aliphatic hydroxyl groups is 1. The van der Waals surface area contributed by atoms with Gasteiger partial charge in [-0.05, 0) is 31.4 Å². The molecule has 78 valence electrons. The second kappa shape index (κ2) is 5.60. The number of nitrogens with one attached hydrogen (secondary N) is 1. The molecule has 0 bridgehead atoms. The molecule has 3 heteroatoms. The Morgan fingerprint density at radius 1 is 1.50 bits per heavy atom. The van der Waals surface area contributed by atoms with Crippen molar-refractivity contribution < 1.29 is 5.11 Å². The lowest BCUT2D eigenvalue weighted by molar-refractivity contribution is 0.266. The van der Waals surface area contributed by atoms with Crippen molar-refractivity contribution in [2.45, 2.75) is 20.3 Å². The first kappa shape index (κ1) is 11.0. The van der Waals surface area contributed by atoms with E-state index >= 15 is 0 Å².